The molecule has 0 amide bonds. The van der Waals surface area contributed by atoms with Crippen molar-refractivity contribution in [2.75, 3.05) is 5.73 Å². The van der Waals surface area contributed by atoms with Crippen molar-refractivity contribution in [1.29, 1.82) is 0 Å². The summed E-state index contributed by atoms with van der Waals surface area (Å²) in [5.41, 5.74) is 7.54. The van der Waals surface area contributed by atoms with Crippen LogP contribution in [0.15, 0.2) is 64.6 Å². The average molecular weight is 266 g/mol. The lowest BCUT2D eigenvalue weighted by Crippen LogP contribution is -1.90. The second-order valence-corrected chi connectivity index (χ2v) is 5.56. The normalized spacial score (nSPS) is 10.8. The molecular formula is C16H14N2S. The van der Waals surface area contributed by atoms with Gasteiger partial charge in [-0.1, -0.05) is 42.1 Å². The van der Waals surface area contributed by atoms with Gasteiger partial charge in [-0.05, 0) is 41.5 Å². The number of anilines is 1. The maximum atomic E-state index is 5.72. The fourth-order valence-corrected chi connectivity index (χ4v) is 2.90. The number of benzene rings is 2. The molecule has 0 spiro atoms. The molecule has 3 rings (SSSR count). The van der Waals surface area contributed by atoms with Crippen LogP contribution in [0.3, 0.4) is 0 Å². The van der Waals surface area contributed by atoms with Crippen molar-refractivity contribution in [1.82, 2.24) is 4.98 Å². The molecule has 3 heteroatoms. The third-order valence-corrected chi connectivity index (χ3v) is 4.10. The zero-order valence-corrected chi connectivity index (χ0v) is 11.4. The topological polar surface area (TPSA) is 38.9 Å². The van der Waals surface area contributed by atoms with E-state index in [9.17, 15) is 0 Å². The fraction of sp³-hybridized carbons (Fsp3) is 0.0625. The average Bonchev–Trinajstić information content (AvgIpc) is 2.42. The van der Waals surface area contributed by atoms with E-state index in [0.717, 1.165) is 10.6 Å². The number of hydrogen-bond donors (Lipinski definition) is 1. The highest BCUT2D eigenvalue weighted by Crippen LogP contribution is 2.31. The Labute approximate surface area is 116 Å². The summed E-state index contributed by atoms with van der Waals surface area (Å²) in [6.45, 7) is 2.03. The molecule has 0 aliphatic carbocycles. The van der Waals surface area contributed by atoms with Gasteiger partial charge in [0.25, 0.3) is 0 Å². The van der Waals surface area contributed by atoms with E-state index in [1.807, 2.05) is 13.0 Å². The van der Waals surface area contributed by atoms with Crippen molar-refractivity contribution < 1.29 is 0 Å². The highest BCUT2D eigenvalue weighted by Gasteiger charge is 2.04. The van der Waals surface area contributed by atoms with Gasteiger partial charge < -0.3 is 5.73 Å². The Bertz CT molecular complexity index is 738. The first-order chi connectivity index (χ1) is 9.22. The molecule has 0 saturated carbocycles. The fourth-order valence-electron chi connectivity index (χ4n) is 2.03. The molecule has 2 N–H and O–H groups in total. The van der Waals surface area contributed by atoms with Crippen molar-refractivity contribution in [2.24, 2.45) is 0 Å². The van der Waals surface area contributed by atoms with Crippen LogP contribution in [-0.4, -0.2) is 4.98 Å². The van der Waals surface area contributed by atoms with Crippen molar-refractivity contribution in [3.05, 3.63) is 60.3 Å². The van der Waals surface area contributed by atoms with E-state index in [4.69, 9.17) is 5.73 Å². The van der Waals surface area contributed by atoms with Crippen LogP contribution in [-0.2, 0) is 0 Å². The molecule has 0 atom stereocenters. The van der Waals surface area contributed by atoms with Crippen LogP contribution in [0.1, 0.15) is 5.56 Å². The van der Waals surface area contributed by atoms with Gasteiger partial charge in [0, 0.05) is 4.90 Å². The summed E-state index contributed by atoms with van der Waals surface area (Å²) >= 11 is 1.67. The van der Waals surface area contributed by atoms with Crippen molar-refractivity contribution in [3.63, 3.8) is 0 Å². The van der Waals surface area contributed by atoms with Crippen LogP contribution in [0.5, 0.6) is 0 Å². The molecule has 0 fully saturated rings. The summed E-state index contributed by atoms with van der Waals surface area (Å²) < 4.78 is 0. The van der Waals surface area contributed by atoms with Gasteiger partial charge in [-0.3, -0.25) is 0 Å². The van der Waals surface area contributed by atoms with Gasteiger partial charge in [-0.2, -0.15) is 0 Å². The van der Waals surface area contributed by atoms with Gasteiger partial charge in [-0.15, -0.1) is 0 Å². The number of aromatic nitrogens is 1. The van der Waals surface area contributed by atoms with E-state index in [0.29, 0.717) is 5.69 Å². The molecule has 19 heavy (non-hydrogen) atoms. The van der Waals surface area contributed by atoms with Gasteiger partial charge in [0.1, 0.15) is 5.03 Å². The second kappa shape index (κ2) is 4.94. The molecule has 1 heterocycles. The van der Waals surface area contributed by atoms with Crippen LogP contribution in [0.4, 0.5) is 5.69 Å². The van der Waals surface area contributed by atoms with Crippen molar-refractivity contribution in [3.8, 4) is 0 Å². The first kappa shape index (κ1) is 12.1. The van der Waals surface area contributed by atoms with Crippen LogP contribution in [0, 0.1) is 6.92 Å². The number of hydrogen-bond acceptors (Lipinski definition) is 3. The highest BCUT2D eigenvalue weighted by atomic mass is 32.2. The Balaban J connectivity index is 1.96. The van der Waals surface area contributed by atoms with Crippen molar-refractivity contribution in [2.45, 2.75) is 16.8 Å². The predicted octanol–water partition coefficient (Wildman–Crippen LogP) is 4.28. The number of rotatable bonds is 2. The Morgan fingerprint density at radius 3 is 2.58 bits per heavy atom. The summed E-state index contributed by atoms with van der Waals surface area (Å²) in [7, 11) is 0. The molecule has 0 bridgehead atoms. The van der Waals surface area contributed by atoms with E-state index < -0.39 is 0 Å². The number of nitrogens with two attached hydrogens (primary N) is 1. The van der Waals surface area contributed by atoms with E-state index >= 15 is 0 Å². The van der Waals surface area contributed by atoms with Crippen LogP contribution < -0.4 is 5.73 Å². The van der Waals surface area contributed by atoms with Gasteiger partial charge in [0.05, 0.1) is 11.9 Å². The molecule has 1 aromatic heterocycles. The van der Waals surface area contributed by atoms with Gasteiger partial charge in [0.15, 0.2) is 0 Å². The largest absolute Gasteiger partial charge is 0.397 e. The number of nitrogens with zero attached hydrogens (tertiary/aromatic N) is 1. The Morgan fingerprint density at radius 2 is 1.79 bits per heavy atom. The highest BCUT2D eigenvalue weighted by molar-refractivity contribution is 7.99. The SMILES string of the molecule is Cc1cc(N)cnc1Sc1ccc2ccccc2c1. The molecule has 94 valence electrons. The lowest BCUT2D eigenvalue weighted by molar-refractivity contribution is 1.08. The maximum absolute atomic E-state index is 5.72. The standard InChI is InChI=1S/C16H14N2S/c1-11-8-14(17)10-18-16(11)19-15-7-6-12-4-2-3-5-13(12)9-15/h2-10H,17H2,1H3. The predicted molar refractivity (Wildman–Crippen MR) is 81.5 cm³/mol. The molecule has 2 nitrogen and oxygen atoms in total. The van der Waals surface area contributed by atoms with Gasteiger partial charge in [-0.25, -0.2) is 4.98 Å². The summed E-state index contributed by atoms with van der Waals surface area (Å²) in [6.07, 6.45) is 1.70. The third-order valence-electron chi connectivity index (χ3n) is 2.99. The Morgan fingerprint density at radius 1 is 1.00 bits per heavy atom. The van der Waals surface area contributed by atoms with Gasteiger partial charge in [0.2, 0.25) is 0 Å². The van der Waals surface area contributed by atoms with E-state index in [1.165, 1.54) is 15.7 Å². The smallest absolute Gasteiger partial charge is 0.104 e. The minimum atomic E-state index is 0.709. The lowest BCUT2D eigenvalue weighted by Gasteiger charge is -2.06. The lowest BCUT2D eigenvalue weighted by atomic mass is 10.1. The number of nitrogen functional groups attached to an aromatic ring is 1. The first-order valence-electron chi connectivity index (χ1n) is 6.11. The van der Waals surface area contributed by atoms with Crippen LogP contribution in [0.2, 0.25) is 0 Å². The summed E-state index contributed by atoms with van der Waals surface area (Å²) in [4.78, 5) is 5.58. The zero-order chi connectivity index (χ0) is 13.2. The number of fused-ring (bicyclic) bond motifs is 1. The number of pyridine rings is 1. The summed E-state index contributed by atoms with van der Waals surface area (Å²) in [6, 6.07) is 16.8. The van der Waals surface area contributed by atoms with E-state index in [2.05, 4.69) is 47.4 Å². The molecule has 0 aliphatic heterocycles. The summed E-state index contributed by atoms with van der Waals surface area (Å²) in [5.74, 6) is 0. The Hall–Kier alpha value is -2.00. The Kier molecular flexibility index (Phi) is 3.13. The molecule has 0 unspecified atom stereocenters. The minimum absolute atomic E-state index is 0.709. The van der Waals surface area contributed by atoms with Crippen LogP contribution >= 0.6 is 11.8 Å². The minimum Gasteiger partial charge on any atom is -0.397 e. The summed E-state index contributed by atoms with van der Waals surface area (Å²) in [5, 5.41) is 3.51. The zero-order valence-electron chi connectivity index (χ0n) is 10.6. The molecule has 0 saturated heterocycles. The monoisotopic (exact) mass is 266 g/mol. The quantitative estimate of drug-likeness (QED) is 0.752. The maximum Gasteiger partial charge on any atom is 0.104 e. The first-order valence-corrected chi connectivity index (χ1v) is 6.93. The molecule has 2 aromatic carbocycles. The third kappa shape index (κ3) is 2.56. The molecule has 0 aliphatic rings. The molecule has 0 radical (unpaired) electrons. The van der Waals surface area contributed by atoms with Crippen molar-refractivity contribution >= 4 is 28.2 Å². The molecule has 3 aromatic rings. The molecular weight excluding hydrogens is 252 g/mol. The second-order valence-electron chi connectivity index (χ2n) is 4.50. The number of aryl methyl sites for hydroxylation is 1. The van der Waals surface area contributed by atoms with Gasteiger partial charge >= 0.3 is 0 Å². The van der Waals surface area contributed by atoms with Crippen LogP contribution in [0.25, 0.3) is 10.8 Å². The van der Waals surface area contributed by atoms with E-state index in [-0.39, 0.29) is 0 Å². The van der Waals surface area contributed by atoms with E-state index in [1.54, 1.807) is 18.0 Å².